The number of ether oxygens (including phenoxy) is 4. The van der Waals surface area contributed by atoms with Crippen molar-refractivity contribution in [2.45, 2.75) is 24.6 Å². The fourth-order valence-electron chi connectivity index (χ4n) is 5.86. The molecule has 3 aromatic carbocycles. The summed E-state index contributed by atoms with van der Waals surface area (Å²) in [5.74, 6) is -3.03. The number of nitrogens with zero attached hydrogens (tertiary/aromatic N) is 1. The van der Waals surface area contributed by atoms with Crippen molar-refractivity contribution in [3.05, 3.63) is 76.2 Å². The van der Waals surface area contributed by atoms with E-state index >= 15 is 0 Å². The van der Waals surface area contributed by atoms with Gasteiger partial charge in [-0.2, -0.15) is 0 Å². The quantitative estimate of drug-likeness (QED) is 0.163. The number of fused-ring (bicyclic) bond motifs is 1. The normalized spacial score (nSPS) is 15.4. The zero-order chi connectivity index (χ0) is 39.2. The number of carbonyl (C=O) groups excluding carboxylic acids is 6. The van der Waals surface area contributed by atoms with E-state index in [1.54, 1.807) is 24.3 Å². The molecule has 0 radical (unpaired) electrons. The van der Waals surface area contributed by atoms with Crippen LogP contribution in [0, 0.1) is 0 Å². The second kappa shape index (κ2) is 16.5. The summed E-state index contributed by atoms with van der Waals surface area (Å²) in [5.41, 5.74) is 0.971. The van der Waals surface area contributed by atoms with Crippen LogP contribution in [0.3, 0.4) is 0 Å². The first-order valence-corrected chi connectivity index (χ1v) is 18.0. The first-order chi connectivity index (χ1) is 25.8. The van der Waals surface area contributed by atoms with Crippen LogP contribution in [0.1, 0.15) is 44.7 Å². The highest BCUT2D eigenvalue weighted by Crippen LogP contribution is 2.36. The minimum Gasteiger partial charge on any atom is -0.496 e. The van der Waals surface area contributed by atoms with E-state index in [1.165, 1.54) is 58.8 Å². The molecular weight excluding hydrogens is 726 g/mol. The largest absolute Gasteiger partial charge is 0.496 e. The molecule has 18 heteroatoms. The molecule has 0 aliphatic carbocycles. The van der Waals surface area contributed by atoms with Crippen LogP contribution in [0.2, 0.25) is 0 Å². The number of carbonyl (C=O) groups is 6. The molecule has 17 nitrogen and oxygen atoms in total. The molecule has 0 aromatic heterocycles. The van der Waals surface area contributed by atoms with Crippen LogP contribution in [-0.4, -0.2) is 96.3 Å². The van der Waals surface area contributed by atoms with Gasteiger partial charge in [0.25, 0.3) is 11.8 Å². The van der Waals surface area contributed by atoms with Crippen LogP contribution in [0.25, 0.3) is 6.08 Å². The van der Waals surface area contributed by atoms with Crippen LogP contribution in [0.15, 0.2) is 53.9 Å². The van der Waals surface area contributed by atoms with Gasteiger partial charge >= 0.3 is 0 Å². The van der Waals surface area contributed by atoms with Gasteiger partial charge in [-0.15, -0.1) is 0 Å². The molecule has 0 spiro atoms. The Morgan fingerprint density at radius 2 is 1.56 bits per heavy atom. The molecule has 54 heavy (non-hydrogen) atoms. The van der Waals surface area contributed by atoms with Gasteiger partial charge in [-0.25, -0.2) is 8.42 Å². The third-order valence-electron chi connectivity index (χ3n) is 8.45. The first kappa shape index (κ1) is 38.8. The predicted molar refractivity (Wildman–Crippen MR) is 194 cm³/mol. The van der Waals surface area contributed by atoms with Gasteiger partial charge in [-0.05, 0) is 42.3 Å². The van der Waals surface area contributed by atoms with Crippen molar-refractivity contribution in [1.29, 1.82) is 0 Å². The smallest absolute Gasteiger partial charge is 0.264 e. The molecule has 1 saturated heterocycles. The van der Waals surface area contributed by atoms with Crippen molar-refractivity contribution in [3.8, 4) is 23.0 Å². The Morgan fingerprint density at radius 3 is 2.20 bits per heavy atom. The lowest BCUT2D eigenvalue weighted by Crippen LogP contribution is -2.54. The number of hydrogen-bond donors (Lipinski definition) is 4. The molecule has 6 amide bonds. The van der Waals surface area contributed by atoms with E-state index in [0.717, 1.165) is 10.3 Å². The summed E-state index contributed by atoms with van der Waals surface area (Å²) in [6.07, 6.45) is 1.30. The second-order valence-corrected chi connectivity index (χ2v) is 13.8. The van der Waals surface area contributed by atoms with E-state index in [0.29, 0.717) is 39.8 Å². The van der Waals surface area contributed by atoms with Gasteiger partial charge in [0.15, 0.2) is 9.84 Å². The Labute approximate surface area is 309 Å². The van der Waals surface area contributed by atoms with Crippen molar-refractivity contribution in [2.75, 3.05) is 52.2 Å². The highest BCUT2D eigenvalue weighted by Gasteiger charge is 2.45. The monoisotopic (exact) mass is 763 g/mol. The summed E-state index contributed by atoms with van der Waals surface area (Å²) in [4.78, 5) is 76.6. The Hall–Kier alpha value is -6.43. The number of piperidine rings is 1. The van der Waals surface area contributed by atoms with E-state index in [9.17, 15) is 37.2 Å². The van der Waals surface area contributed by atoms with Crippen molar-refractivity contribution in [1.82, 2.24) is 15.5 Å². The average molecular weight is 764 g/mol. The molecule has 0 saturated carbocycles. The highest BCUT2D eigenvalue weighted by molar-refractivity contribution is 7.93. The minimum absolute atomic E-state index is 0.00615. The third-order valence-corrected chi connectivity index (χ3v) is 9.74. The Kier molecular flexibility index (Phi) is 11.8. The van der Waals surface area contributed by atoms with E-state index in [4.69, 9.17) is 18.9 Å². The molecule has 2 aliphatic heterocycles. The number of benzene rings is 3. The van der Waals surface area contributed by atoms with Crippen molar-refractivity contribution in [2.24, 2.45) is 0 Å². The van der Waals surface area contributed by atoms with Crippen molar-refractivity contribution < 1.29 is 56.1 Å². The summed E-state index contributed by atoms with van der Waals surface area (Å²) in [5, 5.41) is 11.0. The van der Waals surface area contributed by atoms with Crippen LogP contribution in [0.5, 0.6) is 23.0 Å². The molecule has 1 fully saturated rings. The van der Waals surface area contributed by atoms with Gasteiger partial charge < -0.3 is 34.9 Å². The number of hydrogen-bond acceptors (Lipinski definition) is 13. The fraction of sp³-hybridized carbons (Fsp3) is 0.278. The topological polar surface area (TPSA) is 225 Å². The minimum atomic E-state index is -3.82. The molecular formula is C36H37N5O12S. The van der Waals surface area contributed by atoms with Crippen molar-refractivity contribution >= 4 is 62.7 Å². The summed E-state index contributed by atoms with van der Waals surface area (Å²) in [6, 6.07) is 10.9. The number of anilines is 2. The Bertz CT molecular complexity index is 2140. The SMILES string of the molecule is COc1cc(OC)c(C=CS(=O)(=O)Cc2ccc(OC)c(NCC(=O)NCC(=O)Nc3cccc4c3C(=O)N(C3CCC(=O)NC3=O)C4=O)c2)c(OC)c1. The van der Waals surface area contributed by atoms with E-state index in [2.05, 4.69) is 21.3 Å². The van der Waals surface area contributed by atoms with Crippen LogP contribution in [-0.2, 0) is 34.8 Å². The van der Waals surface area contributed by atoms with Gasteiger partial charge in [0, 0.05) is 24.0 Å². The van der Waals surface area contributed by atoms with Gasteiger partial charge in [-0.1, -0.05) is 12.1 Å². The lowest BCUT2D eigenvalue weighted by Gasteiger charge is -2.27. The number of rotatable bonds is 15. The summed E-state index contributed by atoms with van der Waals surface area (Å²) >= 11 is 0. The molecule has 0 bridgehead atoms. The second-order valence-electron chi connectivity index (χ2n) is 11.9. The molecule has 2 heterocycles. The van der Waals surface area contributed by atoms with Gasteiger partial charge in [0.05, 0.1) is 75.3 Å². The zero-order valence-electron chi connectivity index (χ0n) is 29.6. The van der Waals surface area contributed by atoms with Crippen LogP contribution >= 0.6 is 0 Å². The molecule has 5 rings (SSSR count). The third kappa shape index (κ3) is 8.60. The molecule has 3 aromatic rings. The molecule has 284 valence electrons. The zero-order valence-corrected chi connectivity index (χ0v) is 30.5. The fourth-order valence-corrected chi connectivity index (χ4v) is 6.95. The molecule has 1 atom stereocenters. The number of sulfone groups is 1. The number of methoxy groups -OCH3 is 4. The maximum atomic E-state index is 13.3. The Balaban J connectivity index is 1.18. The number of amides is 6. The van der Waals surface area contributed by atoms with Gasteiger partial charge in [0.1, 0.15) is 29.0 Å². The van der Waals surface area contributed by atoms with E-state index in [-0.39, 0.29) is 36.2 Å². The molecule has 1 unspecified atom stereocenters. The van der Waals surface area contributed by atoms with Gasteiger partial charge in [0.2, 0.25) is 23.6 Å². The van der Waals surface area contributed by atoms with E-state index < -0.39 is 63.6 Å². The number of imide groups is 2. The number of nitrogens with one attached hydrogen (secondary N) is 4. The average Bonchev–Trinajstić information content (AvgIpc) is 3.40. The standard InChI is InChI=1S/C36H37N5O12S/c1-50-21-15-28(52-3)22(29(16-21)53-4)12-13-54(48,49)19-20-8-10-27(51-2)25(14-20)37-17-31(43)38-18-32(44)39-24-7-5-6-23-33(24)36(47)41(35(23)46)26-9-11-30(42)40-34(26)45/h5-8,10,12-16,26,37H,9,11,17-19H2,1-4H3,(H,38,43)(H,39,44)(H,40,42,45). The molecule has 4 N–H and O–H groups in total. The van der Waals surface area contributed by atoms with Crippen LogP contribution in [0.4, 0.5) is 11.4 Å². The Morgan fingerprint density at radius 1 is 0.852 bits per heavy atom. The predicted octanol–water partition coefficient (Wildman–Crippen LogP) is 1.87. The first-order valence-electron chi connectivity index (χ1n) is 16.3. The summed E-state index contributed by atoms with van der Waals surface area (Å²) < 4.78 is 47.6. The lowest BCUT2D eigenvalue weighted by molar-refractivity contribution is -0.136. The maximum absolute atomic E-state index is 13.3. The maximum Gasteiger partial charge on any atom is 0.264 e. The van der Waals surface area contributed by atoms with Crippen molar-refractivity contribution in [3.63, 3.8) is 0 Å². The molecule has 2 aliphatic rings. The van der Waals surface area contributed by atoms with E-state index in [1.807, 2.05) is 0 Å². The van der Waals surface area contributed by atoms with Gasteiger partial charge in [-0.3, -0.25) is 39.0 Å². The van der Waals surface area contributed by atoms with Crippen LogP contribution < -0.4 is 40.2 Å². The highest BCUT2D eigenvalue weighted by atomic mass is 32.2. The summed E-state index contributed by atoms with van der Waals surface area (Å²) in [6.45, 7) is -0.833. The summed E-state index contributed by atoms with van der Waals surface area (Å²) in [7, 11) is 1.93. The lowest BCUT2D eigenvalue weighted by atomic mass is 10.0.